The Labute approximate surface area is 152 Å². The van der Waals surface area contributed by atoms with E-state index in [-0.39, 0.29) is 16.4 Å². The second-order valence-electron chi connectivity index (χ2n) is 6.15. The molecule has 2 aromatic rings. The Kier molecular flexibility index (Phi) is 5.95. The smallest absolute Gasteiger partial charge is 0.353 e. The highest BCUT2D eigenvalue weighted by Crippen LogP contribution is 2.32. The molecule has 1 saturated heterocycles. The minimum atomic E-state index is -0.389. The number of nitrogens with one attached hydrogen (secondary N) is 1. The normalized spacial score (nSPS) is 15.2. The first-order valence-electron chi connectivity index (χ1n) is 8.85. The lowest BCUT2D eigenvalue weighted by atomic mass is 10.3. The van der Waals surface area contributed by atoms with Crippen LogP contribution in [0.15, 0.2) is 25.0 Å². The predicted octanol–water partition coefficient (Wildman–Crippen LogP) is 1.23. The van der Waals surface area contributed by atoms with Gasteiger partial charge in [0.1, 0.15) is 6.33 Å². The summed E-state index contributed by atoms with van der Waals surface area (Å²) in [5, 5.41) is 14.8. The Balaban J connectivity index is 1.66. The largest absolute Gasteiger partial charge is 0.364 e. The van der Waals surface area contributed by atoms with Gasteiger partial charge in [-0.1, -0.05) is 6.92 Å². The second kappa shape index (κ2) is 8.56. The van der Waals surface area contributed by atoms with Gasteiger partial charge in [-0.3, -0.25) is 10.1 Å². The van der Waals surface area contributed by atoms with E-state index < -0.39 is 0 Å². The molecule has 26 heavy (non-hydrogen) atoms. The Hall–Kier alpha value is -2.75. The topological polar surface area (TPSA) is 105 Å². The van der Waals surface area contributed by atoms with Crippen molar-refractivity contribution in [2.75, 3.05) is 49.5 Å². The van der Waals surface area contributed by atoms with Crippen molar-refractivity contribution in [2.45, 2.75) is 19.9 Å². The quantitative estimate of drug-likeness (QED) is 0.426. The van der Waals surface area contributed by atoms with Crippen LogP contribution in [-0.2, 0) is 6.54 Å². The van der Waals surface area contributed by atoms with Crippen molar-refractivity contribution in [3.63, 3.8) is 0 Å². The fourth-order valence-electron chi connectivity index (χ4n) is 3.06. The maximum absolute atomic E-state index is 11.7. The maximum Gasteiger partial charge on any atom is 0.353 e. The molecule has 10 heteroatoms. The molecule has 0 atom stereocenters. The van der Waals surface area contributed by atoms with Crippen molar-refractivity contribution < 1.29 is 4.92 Å². The summed E-state index contributed by atoms with van der Waals surface area (Å²) < 4.78 is 1.97. The molecule has 0 spiro atoms. The van der Waals surface area contributed by atoms with Gasteiger partial charge in [0.2, 0.25) is 11.6 Å². The minimum absolute atomic E-state index is 0.0416. The van der Waals surface area contributed by atoms with Crippen LogP contribution in [0.1, 0.15) is 13.3 Å². The van der Waals surface area contributed by atoms with E-state index in [1.165, 1.54) is 6.33 Å². The van der Waals surface area contributed by atoms with Crippen molar-refractivity contribution in [1.82, 2.24) is 24.4 Å². The number of aryl methyl sites for hydroxylation is 1. The van der Waals surface area contributed by atoms with E-state index in [1.807, 2.05) is 15.7 Å². The Bertz CT molecular complexity index is 713. The molecule has 0 radical (unpaired) electrons. The van der Waals surface area contributed by atoms with E-state index in [0.717, 1.165) is 45.7 Å². The second-order valence-corrected chi connectivity index (χ2v) is 6.15. The molecule has 1 N–H and O–H groups in total. The van der Waals surface area contributed by atoms with Gasteiger partial charge in [-0.2, -0.15) is 0 Å². The van der Waals surface area contributed by atoms with E-state index in [0.29, 0.717) is 12.4 Å². The Morgan fingerprint density at radius 2 is 2.08 bits per heavy atom. The number of rotatable bonds is 8. The molecule has 1 aliphatic heterocycles. The monoisotopic (exact) mass is 360 g/mol. The number of likely N-dealkylation sites (N-methyl/N-ethyl adjacent to an activating group) is 1. The first kappa shape index (κ1) is 18.1. The van der Waals surface area contributed by atoms with E-state index in [9.17, 15) is 10.1 Å². The number of nitro groups is 1. The zero-order valence-electron chi connectivity index (χ0n) is 14.9. The van der Waals surface area contributed by atoms with Crippen molar-refractivity contribution in [3.8, 4) is 0 Å². The molecule has 0 amide bonds. The molecule has 3 rings (SSSR count). The van der Waals surface area contributed by atoms with Crippen LogP contribution < -0.4 is 10.2 Å². The molecule has 10 nitrogen and oxygen atoms in total. The van der Waals surface area contributed by atoms with E-state index in [1.54, 1.807) is 12.5 Å². The van der Waals surface area contributed by atoms with Crippen LogP contribution in [0, 0.1) is 10.1 Å². The zero-order chi connectivity index (χ0) is 18.4. The summed E-state index contributed by atoms with van der Waals surface area (Å²) in [5.74, 6) is 0.682. The van der Waals surface area contributed by atoms with Gasteiger partial charge < -0.3 is 19.7 Å². The molecule has 140 valence electrons. The fraction of sp³-hybridized carbons (Fsp3) is 0.562. The lowest BCUT2D eigenvalue weighted by molar-refractivity contribution is -0.383. The molecular weight excluding hydrogens is 336 g/mol. The van der Waals surface area contributed by atoms with Crippen molar-refractivity contribution in [2.24, 2.45) is 0 Å². The van der Waals surface area contributed by atoms with Gasteiger partial charge >= 0.3 is 5.69 Å². The average molecular weight is 360 g/mol. The molecule has 0 saturated carbocycles. The number of anilines is 2. The van der Waals surface area contributed by atoms with Crippen LogP contribution in [0.5, 0.6) is 0 Å². The summed E-state index contributed by atoms with van der Waals surface area (Å²) in [7, 11) is 0. The molecule has 0 aliphatic carbocycles. The van der Waals surface area contributed by atoms with E-state index >= 15 is 0 Å². The van der Waals surface area contributed by atoms with Gasteiger partial charge in [-0.15, -0.1) is 0 Å². The number of hydrogen-bond acceptors (Lipinski definition) is 8. The van der Waals surface area contributed by atoms with Crippen LogP contribution in [0.2, 0.25) is 0 Å². The van der Waals surface area contributed by atoms with Gasteiger partial charge in [0.05, 0.1) is 11.3 Å². The summed E-state index contributed by atoms with van der Waals surface area (Å²) in [5.41, 5.74) is -0.0416. The third-order valence-electron chi connectivity index (χ3n) is 4.55. The molecule has 1 aliphatic rings. The van der Waals surface area contributed by atoms with Gasteiger partial charge in [-0.05, 0) is 13.0 Å². The average Bonchev–Trinajstić information content (AvgIpc) is 3.18. The minimum Gasteiger partial charge on any atom is -0.364 e. The number of aromatic nitrogens is 4. The standard InChI is InChI=1S/C16H24N8O2/c1-2-21-8-10-23(11-9-21)16-14(24(25)26)15(19-12-20-16)18-4-3-6-22-7-5-17-13-22/h5,7,12-13H,2-4,6,8-11H2,1H3,(H,18,19,20). The number of imidazole rings is 1. The van der Waals surface area contributed by atoms with Gasteiger partial charge in [-0.25, -0.2) is 15.0 Å². The lowest BCUT2D eigenvalue weighted by Crippen LogP contribution is -2.46. The van der Waals surface area contributed by atoms with Crippen LogP contribution in [0.25, 0.3) is 0 Å². The fourth-order valence-corrected chi connectivity index (χ4v) is 3.06. The van der Waals surface area contributed by atoms with Crippen LogP contribution in [0.3, 0.4) is 0 Å². The number of nitrogens with zero attached hydrogens (tertiary/aromatic N) is 7. The maximum atomic E-state index is 11.7. The molecule has 1 fully saturated rings. The van der Waals surface area contributed by atoms with Crippen molar-refractivity contribution >= 4 is 17.3 Å². The van der Waals surface area contributed by atoms with Gasteiger partial charge in [0, 0.05) is 51.7 Å². The summed E-state index contributed by atoms with van der Waals surface area (Å²) in [6.07, 6.45) is 7.57. The van der Waals surface area contributed by atoms with Crippen LogP contribution in [-0.4, -0.2) is 68.6 Å². The third kappa shape index (κ3) is 4.26. The van der Waals surface area contributed by atoms with Gasteiger partial charge in [0.15, 0.2) is 0 Å². The molecule has 3 heterocycles. The molecule has 2 aromatic heterocycles. The highest BCUT2D eigenvalue weighted by atomic mass is 16.6. The third-order valence-corrected chi connectivity index (χ3v) is 4.55. The van der Waals surface area contributed by atoms with E-state index in [2.05, 4.69) is 32.1 Å². The Morgan fingerprint density at radius 1 is 1.27 bits per heavy atom. The highest BCUT2D eigenvalue weighted by Gasteiger charge is 2.28. The first-order chi connectivity index (χ1) is 12.7. The van der Waals surface area contributed by atoms with Gasteiger partial charge in [0.25, 0.3) is 0 Å². The van der Waals surface area contributed by atoms with E-state index in [4.69, 9.17) is 0 Å². The number of piperazine rings is 1. The highest BCUT2D eigenvalue weighted by molar-refractivity contribution is 5.70. The number of hydrogen-bond donors (Lipinski definition) is 1. The Morgan fingerprint density at radius 3 is 2.73 bits per heavy atom. The molecule has 0 unspecified atom stereocenters. The van der Waals surface area contributed by atoms with Crippen LogP contribution >= 0.6 is 0 Å². The summed E-state index contributed by atoms with van der Waals surface area (Å²) >= 11 is 0. The lowest BCUT2D eigenvalue weighted by Gasteiger charge is -2.34. The molecule has 0 bridgehead atoms. The first-order valence-corrected chi connectivity index (χ1v) is 8.85. The molecular formula is C16H24N8O2. The summed E-state index contributed by atoms with van der Waals surface area (Å²) in [6.45, 7) is 7.70. The molecule has 0 aromatic carbocycles. The zero-order valence-corrected chi connectivity index (χ0v) is 14.9. The van der Waals surface area contributed by atoms with Crippen molar-refractivity contribution in [3.05, 3.63) is 35.2 Å². The summed E-state index contributed by atoms with van der Waals surface area (Å²) in [4.78, 5) is 27.9. The summed E-state index contributed by atoms with van der Waals surface area (Å²) in [6, 6.07) is 0. The SMILES string of the molecule is CCN1CCN(c2ncnc(NCCCn3ccnc3)c2[N+](=O)[O-])CC1. The van der Waals surface area contributed by atoms with Crippen LogP contribution in [0.4, 0.5) is 17.3 Å². The predicted molar refractivity (Wildman–Crippen MR) is 98.3 cm³/mol. The van der Waals surface area contributed by atoms with Crippen molar-refractivity contribution in [1.29, 1.82) is 0 Å².